The molecule has 3 heteroatoms. The smallest absolute Gasteiger partial charge is 0.165 e. The van der Waals surface area contributed by atoms with E-state index in [1.165, 1.54) is 18.7 Å². The Morgan fingerprint density at radius 1 is 1.21 bits per heavy atom. The summed E-state index contributed by atoms with van der Waals surface area (Å²) < 4.78 is 18.8. The minimum absolute atomic E-state index is 0.279. The summed E-state index contributed by atoms with van der Waals surface area (Å²) in [6.45, 7) is 0.975. The normalized spacial score (nSPS) is 13.6. The Morgan fingerprint density at radius 2 is 2.11 bits per heavy atom. The van der Waals surface area contributed by atoms with Gasteiger partial charge >= 0.3 is 0 Å². The van der Waals surface area contributed by atoms with E-state index in [4.69, 9.17) is 4.74 Å². The third-order valence-corrected chi connectivity index (χ3v) is 3.54. The standard InChI is InChI=1S/C16H16FNO/c1-19-15-8-7-12(10-14(15)17)13-6-2-4-11-5-3-9-18-16(11)13/h2,4,6-8,10,18H,3,5,9H2,1H3. The molecule has 2 aromatic rings. The van der Waals surface area contributed by atoms with Gasteiger partial charge in [0.1, 0.15) is 0 Å². The molecule has 0 fully saturated rings. The number of hydrogen-bond donors (Lipinski definition) is 1. The molecule has 0 saturated carbocycles. The second kappa shape index (κ2) is 4.92. The monoisotopic (exact) mass is 257 g/mol. The van der Waals surface area contributed by atoms with Gasteiger partial charge in [0.15, 0.2) is 11.6 Å². The molecule has 1 N–H and O–H groups in total. The first-order valence-corrected chi connectivity index (χ1v) is 6.49. The lowest BCUT2D eigenvalue weighted by molar-refractivity contribution is 0.386. The molecule has 0 radical (unpaired) electrons. The zero-order valence-electron chi connectivity index (χ0n) is 10.9. The van der Waals surface area contributed by atoms with Gasteiger partial charge in [-0.05, 0) is 36.1 Å². The molecule has 98 valence electrons. The molecule has 0 saturated heterocycles. The van der Waals surface area contributed by atoms with Gasteiger partial charge in [0.2, 0.25) is 0 Å². The Bertz CT molecular complexity index is 610. The maximum atomic E-state index is 13.8. The van der Waals surface area contributed by atoms with Gasteiger partial charge in [0.25, 0.3) is 0 Å². The highest BCUT2D eigenvalue weighted by Gasteiger charge is 2.14. The fraction of sp³-hybridized carbons (Fsp3) is 0.250. The fourth-order valence-electron chi connectivity index (χ4n) is 2.58. The van der Waals surface area contributed by atoms with Crippen LogP contribution in [0.2, 0.25) is 0 Å². The first-order chi connectivity index (χ1) is 9.29. The van der Waals surface area contributed by atoms with E-state index in [1.54, 1.807) is 6.07 Å². The zero-order valence-corrected chi connectivity index (χ0v) is 10.9. The van der Waals surface area contributed by atoms with Gasteiger partial charge in [0, 0.05) is 17.8 Å². The van der Waals surface area contributed by atoms with E-state index >= 15 is 0 Å². The van der Waals surface area contributed by atoms with Crippen LogP contribution in [-0.2, 0) is 6.42 Å². The largest absolute Gasteiger partial charge is 0.494 e. The molecule has 3 rings (SSSR count). The van der Waals surface area contributed by atoms with Crippen molar-refractivity contribution in [1.82, 2.24) is 0 Å². The number of hydrogen-bond acceptors (Lipinski definition) is 2. The molecular formula is C16H16FNO. The number of para-hydroxylation sites is 1. The van der Waals surface area contributed by atoms with Crippen molar-refractivity contribution in [2.24, 2.45) is 0 Å². The number of nitrogens with one attached hydrogen (secondary N) is 1. The third-order valence-electron chi connectivity index (χ3n) is 3.54. The summed E-state index contributed by atoms with van der Waals surface area (Å²) in [6.07, 6.45) is 2.22. The summed E-state index contributed by atoms with van der Waals surface area (Å²) in [4.78, 5) is 0. The predicted molar refractivity (Wildman–Crippen MR) is 75.2 cm³/mol. The molecule has 0 aliphatic carbocycles. The van der Waals surface area contributed by atoms with Gasteiger partial charge in [-0.25, -0.2) is 4.39 Å². The Morgan fingerprint density at radius 3 is 2.89 bits per heavy atom. The van der Waals surface area contributed by atoms with Crippen molar-refractivity contribution in [3.8, 4) is 16.9 Å². The highest BCUT2D eigenvalue weighted by Crippen LogP contribution is 2.35. The number of benzene rings is 2. The Hall–Kier alpha value is -2.03. The average Bonchev–Trinajstić information content (AvgIpc) is 2.46. The Labute approximate surface area is 112 Å². The van der Waals surface area contributed by atoms with Crippen LogP contribution in [-0.4, -0.2) is 13.7 Å². The van der Waals surface area contributed by atoms with Crippen molar-refractivity contribution in [3.05, 3.63) is 47.8 Å². The summed E-state index contributed by atoms with van der Waals surface area (Å²) in [5, 5.41) is 3.42. The minimum atomic E-state index is -0.326. The highest BCUT2D eigenvalue weighted by atomic mass is 19.1. The quantitative estimate of drug-likeness (QED) is 0.882. The maximum absolute atomic E-state index is 13.8. The first-order valence-electron chi connectivity index (χ1n) is 6.49. The second-order valence-electron chi connectivity index (χ2n) is 4.72. The summed E-state index contributed by atoms with van der Waals surface area (Å²) >= 11 is 0. The molecule has 0 bridgehead atoms. The van der Waals surface area contributed by atoms with Crippen molar-refractivity contribution in [3.63, 3.8) is 0 Å². The van der Waals surface area contributed by atoms with Crippen molar-refractivity contribution >= 4 is 5.69 Å². The van der Waals surface area contributed by atoms with E-state index in [9.17, 15) is 4.39 Å². The van der Waals surface area contributed by atoms with Gasteiger partial charge in [0.05, 0.1) is 7.11 Å². The number of anilines is 1. The molecule has 1 heterocycles. The highest BCUT2D eigenvalue weighted by molar-refractivity contribution is 5.81. The van der Waals surface area contributed by atoms with Crippen LogP contribution in [0.3, 0.4) is 0 Å². The van der Waals surface area contributed by atoms with Crippen LogP contribution in [0.1, 0.15) is 12.0 Å². The van der Waals surface area contributed by atoms with E-state index in [-0.39, 0.29) is 11.6 Å². The Kier molecular flexibility index (Phi) is 3.11. The lowest BCUT2D eigenvalue weighted by atomic mass is 9.95. The Balaban J connectivity index is 2.09. The molecule has 0 spiro atoms. The molecule has 1 aliphatic rings. The van der Waals surface area contributed by atoms with Gasteiger partial charge < -0.3 is 10.1 Å². The zero-order chi connectivity index (χ0) is 13.2. The van der Waals surface area contributed by atoms with Crippen LogP contribution >= 0.6 is 0 Å². The number of rotatable bonds is 2. The summed E-state index contributed by atoms with van der Waals surface area (Å²) in [7, 11) is 1.48. The van der Waals surface area contributed by atoms with Crippen LogP contribution in [0, 0.1) is 5.82 Å². The van der Waals surface area contributed by atoms with E-state index in [1.807, 2.05) is 18.2 Å². The second-order valence-corrected chi connectivity index (χ2v) is 4.72. The molecule has 19 heavy (non-hydrogen) atoms. The van der Waals surface area contributed by atoms with Crippen molar-refractivity contribution in [2.45, 2.75) is 12.8 Å². The van der Waals surface area contributed by atoms with Crippen molar-refractivity contribution < 1.29 is 9.13 Å². The van der Waals surface area contributed by atoms with Crippen LogP contribution in [0.5, 0.6) is 5.75 Å². The van der Waals surface area contributed by atoms with Crippen LogP contribution in [0.25, 0.3) is 11.1 Å². The van der Waals surface area contributed by atoms with Crippen molar-refractivity contribution in [1.29, 1.82) is 0 Å². The number of fused-ring (bicyclic) bond motifs is 1. The van der Waals surface area contributed by atoms with Crippen LogP contribution in [0.15, 0.2) is 36.4 Å². The van der Waals surface area contributed by atoms with E-state index < -0.39 is 0 Å². The summed E-state index contributed by atoms with van der Waals surface area (Å²) in [6, 6.07) is 11.3. The van der Waals surface area contributed by atoms with E-state index in [0.717, 1.165) is 36.2 Å². The van der Waals surface area contributed by atoms with Gasteiger partial charge in [-0.1, -0.05) is 24.3 Å². The summed E-state index contributed by atoms with van der Waals surface area (Å²) in [5.41, 5.74) is 4.38. The van der Waals surface area contributed by atoms with Gasteiger partial charge in [-0.15, -0.1) is 0 Å². The molecule has 0 amide bonds. The van der Waals surface area contributed by atoms with E-state index in [0.29, 0.717) is 0 Å². The molecule has 2 aromatic carbocycles. The molecule has 2 nitrogen and oxygen atoms in total. The number of aryl methyl sites for hydroxylation is 1. The number of methoxy groups -OCH3 is 1. The molecule has 1 aliphatic heterocycles. The maximum Gasteiger partial charge on any atom is 0.165 e. The van der Waals surface area contributed by atoms with Crippen LogP contribution < -0.4 is 10.1 Å². The lowest BCUT2D eigenvalue weighted by Gasteiger charge is -2.21. The SMILES string of the molecule is COc1ccc(-c2cccc3c2NCCC3)cc1F. The first kappa shape index (κ1) is 12.0. The number of halogens is 1. The third kappa shape index (κ3) is 2.16. The number of ether oxygens (including phenoxy) is 1. The molecular weight excluding hydrogens is 241 g/mol. The molecule has 0 aromatic heterocycles. The van der Waals surface area contributed by atoms with Crippen molar-refractivity contribution in [2.75, 3.05) is 19.0 Å². The van der Waals surface area contributed by atoms with Crippen LogP contribution in [0.4, 0.5) is 10.1 Å². The molecule has 0 atom stereocenters. The topological polar surface area (TPSA) is 21.3 Å². The molecule has 0 unspecified atom stereocenters. The lowest BCUT2D eigenvalue weighted by Crippen LogP contribution is -2.12. The van der Waals surface area contributed by atoms with Gasteiger partial charge in [-0.3, -0.25) is 0 Å². The fourth-order valence-corrected chi connectivity index (χ4v) is 2.58. The predicted octanol–water partition coefficient (Wildman–Crippen LogP) is 3.86. The average molecular weight is 257 g/mol. The summed E-state index contributed by atoms with van der Waals surface area (Å²) in [5.74, 6) is -0.0464. The van der Waals surface area contributed by atoms with Gasteiger partial charge in [-0.2, -0.15) is 0 Å². The minimum Gasteiger partial charge on any atom is -0.494 e. The van der Waals surface area contributed by atoms with E-state index in [2.05, 4.69) is 11.4 Å².